The van der Waals surface area contributed by atoms with Crippen LogP contribution in [0.1, 0.15) is 28.8 Å². The number of ether oxygens (including phenoxy) is 1. The van der Waals surface area contributed by atoms with Gasteiger partial charge in [0.15, 0.2) is 0 Å². The fourth-order valence-corrected chi connectivity index (χ4v) is 5.87. The second kappa shape index (κ2) is 11.0. The smallest absolute Gasteiger partial charge is 0.268 e. The highest BCUT2D eigenvalue weighted by molar-refractivity contribution is 7.90. The third kappa shape index (κ3) is 5.60. The summed E-state index contributed by atoms with van der Waals surface area (Å²) in [5.74, 6) is 0.182. The molecule has 1 amide bonds. The summed E-state index contributed by atoms with van der Waals surface area (Å²) in [5, 5.41) is 17.8. The largest absolute Gasteiger partial charge is 0.497 e. The molecule has 3 N–H and O–H groups in total. The summed E-state index contributed by atoms with van der Waals surface area (Å²) in [6.45, 7) is 0.378. The lowest BCUT2D eigenvalue weighted by molar-refractivity contribution is 0.0831. The van der Waals surface area contributed by atoms with Crippen LogP contribution in [0.5, 0.6) is 5.75 Å². The Morgan fingerprint density at radius 1 is 1.03 bits per heavy atom. The van der Waals surface area contributed by atoms with Gasteiger partial charge in [-0.1, -0.05) is 36.4 Å². The number of nitrogens with one attached hydrogen (secondary N) is 2. The normalized spacial score (nSPS) is 15.2. The van der Waals surface area contributed by atoms with Crippen LogP contribution in [-0.2, 0) is 16.4 Å². The molecular weight excluding hydrogens is 502 g/mol. The minimum absolute atomic E-state index is 0.111. The molecule has 1 aliphatic carbocycles. The topological polar surface area (TPSA) is 110 Å². The van der Waals surface area contributed by atoms with Crippen molar-refractivity contribution in [2.45, 2.75) is 42.3 Å². The molecule has 1 aliphatic rings. The van der Waals surface area contributed by atoms with Crippen molar-refractivity contribution in [3.05, 3.63) is 96.2 Å². The van der Waals surface area contributed by atoms with Crippen molar-refractivity contribution < 1.29 is 23.1 Å². The molecule has 4 aromatic rings. The van der Waals surface area contributed by atoms with Crippen LogP contribution >= 0.6 is 0 Å². The average molecular weight is 534 g/mol. The number of carbonyl (C=O) groups is 1. The van der Waals surface area contributed by atoms with Gasteiger partial charge in [-0.2, -0.15) is 0 Å². The fourth-order valence-electron chi connectivity index (χ4n) is 4.53. The van der Waals surface area contributed by atoms with Crippen LogP contribution in [0.25, 0.3) is 10.9 Å². The quantitative estimate of drug-likeness (QED) is 0.273. The Bertz CT molecular complexity index is 1510. The Balaban J connectivity index is 1.41. The van der Waals surface area contributed by atoms with Crippen molar-refractivity contribution in [3.8, 4) is 5.75 Å². The van der Waals surface area contributed by atoms with E-state index < -0.39 is 22.2 Å². The number of aliphatic hydroxyl groups is 1. The maximum Gasteiger partial charge on any atom is 0.268 e. The molecule has 1 aromatic heterocycles. The lowest BCUT2D eigenvalue weighted by atomic mass is 10.00. The predicted octanol–water partition coefficient (Wildman–Crippen LogP) is 3.34. The van der Waals surface area contributed by atoms with E-state index in [1.807, 2.05) is 30.3 Å². The van der Waals surface area contributed by atoms with Gasteiger partial charge in [-0.25, -0.2) is 12.4 Å². The van der Waals surface area contributed by atoms with Crippen LogP contribution in [0.4, 0.5) is 0 Å². The average Bonchev–Trinajstić information content (AvgIpc) is 3.67. The molecule has 2 atom stereocenters. The number of fused-ring (bicyclic) bond motifs is 1. The van der Waals surface area contributed by atoms with Gasteiger partial charge in [-0.15, -0.1) is 0 Å². The Kier molecular flexibility index (Phi) is 7.51. The second-order valence-corrected chi connectivity index (χ2v) is 11.4. The van der Waals surface area contributed by atoms with Gasteiger partial charge in [-0.05, 0) is 67.3 Å². The number of carbonyl (C=O) groups excluding carboxylic acids is 1. The van der Waals surface area contributed by atoms with Gasteiger partial charge in [0.05, 0.1) is 29.7 Å². The minimum Gasteiger partial charge on any atom is -0.497 e. The van der Waals surface area contributed by atoms with E-state index in [0.29, 0.717) is 41.2 Å². The zero-order valence-electron chi connectivity index (χ0n) is 21.1. The summed E-state index contributed by atoms with van der Waals surface area (Å²) in [6, 6.07) is 22.4. The van der Waals surface area contributed by atoms with Gasteiger partial charge in [0.2, 0.25) is 0 Å². The summed E-state index contributed by atoms with van der Waals surface area (Å²) in [5.41, 5.74) is 1.73. The Morgan fingerprint density at radius 3 is 2.45 bits per heavy atom. The molecule has 3 aromatic carbocycles. The first kappa shape index (κ1) is 26.0. The summed E-state index contributed by atoms with van der Waals surface area (Å²) in [7, 11) is -2.38. The zero-order valence-corrected chi connectivity index (χ0v) is 21.9. The molecule has 1 fully saturated rings. The Hall–Kier alpha value is -3.66. The van der Waals surface area contributed by atoms with E-state index in [1.54, 1.807) is 36.4 Å². The highest BCUT2D eigenvalue weighted by Gasteiger charge is 2.27. The maximum absolute atomic E-state index is 13.5. The molecule has 1 heterocycles. The van der Waals surface area contributed by atoms with Gasteiger partial charge < -0.3 is 20.5 Å². The fraction of sp³-hybridized carbons (Fsp3) is 0.276. The monoisotopic (exact) mass is 533 g/mol. The molecule has 0 unspecified atom stereocenters. The van der Waals surface area contributed by atoms with Gasteiger partial charge >= 0.3 is 0 Å². The Labute approximate surface area is 222 Å². The third-order valence-electron chi connectivity index (χ3n) is 6.83. The molecule has 1 saturated carbocycles. The number of methoxy groups -OCH3 is 1. The van der Waals surface area contributed by atoms with E-state index in [9.17, 15) is 18.3 Å². The highest BCUT2D eigenvalue weighted by atomic mass is 32.2. The maximum atomic E-state index is 13.5. The van der Waals surface area contributed by atoms with Crippen LogP contribution in [0.15, 0.2) is 90.0 Å². The molecule has 5 rings (SSSR count). The minimum atomic E-state index is -3.90. The lowest BCUT2D eigenvalue weighted by Gasteiger charge is -2.25. The molecule has 8 nitrogen and oxygen atoms in total. The molecule has 0 bridgehead atoms. The molecule has 0 radical (unpaired) electrons. The van der Waals surface area contributed by atoms with Crippen molar-refractivity contribution in [2.24, 2.45) is 0 Å². The first-order chi connectivity index (χ1) is 18.4. The summed E-state index contributed by atoms with van der Waals surface area (Å²) < 4.78 is 33.1. The molecule has 0 saturated heterocycles. The molecule has 0 aliphatic heterocycles. The van der Waals surface area contributed by atoms with Crippen LogP contribution in [-0.4, -0.2) is 55.2 Å². The number of amides is 1. The first-order valence-corrected chi connectivity index (χ1v) is 14.1. The van der Waals surface area contributed by atoms with Gasteiger partial charge in [-0.3, -0.25) is 4.79 Å². The zero-order chi connectivity index (χ0) is 26.7. The first-order valence-electron chi connectivity index (χ1n) is 12.6. The second-order valence-electron chi connectivity index (χ2n) is 9.55. The summed E-state index contributed by atoms with van der Waals surface area (Å²) in [4.78, 5) is 13.6. The number of hydrogen-bond acceptors (Lipinski definition) is 6. The van der Waals surface area contributed by atoms with Crippen LogP contribution in [0.2, 0.25) is 0 Å². The number of aromatic nitrogens is 1. The van der Waals surface area contributed by atoms with E-state index in [2.05, 4.69) is 10.6 Å². The van der Waals surface area contributed by atoms with Gasteiger partial charge in [0, 0.05) is 29.7 Å². The third-order valence-corrected chi connectivity index (χ3v) is 8.53. The lowest BCUT2D eigenvalue weighted by Crippen LogP contribution is -2.49. The van der Waals surface area contributed by atoms with E-state index in [4.69, 9.17) is 4.74 Å². The molecule has 38 heavy (non-hydrogen) atoms. The van der Waals surface area contributed by atoms with Crippen LogP contribution < -0.4 is 15.4 Å². The Morgan fingerprint density at radius 2 is 1.76 bits per heavy atom. The predicted molar refractivity (Wildman–Crippen MR) is 146 cm³/mol. The molecule has 9 heteroatoms. The molecular formula is C29H31N3O5S. The van der Waals surface area contributed by atoms with E-state index >= 15 is 0 Å². The van der Waals surface area contributed by atoms with E-state index in [0.717, 1.165) is 18.4 Å². The number of benzene rings is 3. The number of nitrogens with zero attached hydrogens (tertiary/aromatic N) is 1. The highest BCUT2D eigenvalue weighted by Crippen LogP contribution is 2.26. The van der Waals surface area contributed by atoms with Crippen LogP contribution in [0, 0.1) is 0 Å². The number of aliphatic hydroxyl groups excluding tert-OH is 1. The number of hydrogen-bond donors (Lipinski definition) is 3. The molecule has 0 spiro atoms. The van der Waals surface area contributed by atoms with Crippen molar-refractivity contribution in [1.29, 1.82) is 0 Å². The van der Waals surface area contributed by atoms with Gasteiger partial charge in [0.25, 0.3) is 15.9 Å². The van der Waals surface area contributed by atoms with Crippen molar-refractivity contribution in [2.75, 3.05) is 13.7 Å². The van der Waals surface area contributed by atoms with Gasteiger partial charge in [0.1, 0.15) is 5.75 Å². The van der Waals surface area contributed by atoms with E-state index in [1.165, 1.54) is 29.4 Å². The summed E-state index contributed by atoms with van der Waals surface area (Å²) in [6.07, 6.45) is 3.32. The van der Waals surface area contributed by atoms with Crippen molar-refractivity contribution >= 4 is 26.8 Å². The van der Waals surface area contributed by atoms with Crippen LogP contribution in [0.3, 0.4) is 0 Å². The standard InChI is InChI=1S/C29H31N3O5S/c1-37-22-12-14-23(15-13-22)38(35,36)32-17-16-24-25(8-5-9-27(24)32)29(34)31-26(18-20-6-3-2-4-7-20)28(33)19-30-21-10-11-21/h2-9,12-17,21,26,28,30,33H,10-11,18-19H2,1H3,(H,31,34)/t26-,28+/m0/s1. The SMILES string of the molecule is COc1ccc(S(=O)(=O)n2ccc3c(C(=O)N[C@@H](Cc4ccccc4)[C@H](O)CNC4CC4)cccc32)cc1. The number of rotatable bonds is 11. The summed E-state index contributed by atoms with van der Waals surface area (Å²) >= 11 is 0. The van der Waals surface area contributed by atoms with Crippen molar-refractivity contribution in [1.82, 2.24) is 14.6 Å². The van der Waals surface area contributed by atoms with E-state index in [-0.39, 0.29) is 10.8 Å². The van der Waals surface area contributed by atoms with Crippen molar-refractivity contribution in [3.63, 3.8) is 0 Å². The molecule has 198 valence electrons.